The van der Waals surface area contributed by atoms with E-state index in [4.69, 9.17) is 9.47 Å². The van der Waals surface area contributed by atoms with Gasteiger partial charge in [-0.05, 0) is 0 Å². The molecule has 5 nitrogen and oxygen atoms in total. The fourth-order valence-electron chi connectivity index (χ4n) is 4.01. The summed E-state index contributed by atoms with van der Waals surface area (Å²) < 4.78 is 23.0. The first-order chi connectivity index (χ1) is 16.7. The van der Waals surface area contributed by atoms with Crippen LogP contribution in [0, 0.1) is 5.92 Å². The molecular weight excluding hydrogens is 465 g/mol. The molecule has 3 rings (SSSR count). The number of ether oxygens (including phenoxy) is 2. The number of rotatable bonds is 14. The van der Waals surface area contributed by atoms with E-state index in [0.717, 1.165) is 25.6 Å². The zero-order valence-corrected chi connectivity index (χ0v) is 21.4. The zero-order chi connectivity index (χ0) is 24.0. The number of esters is 1. The second kappa shape index (κ2) is 15.4. The van der Waals surface area contributed by atoms with E-state index in [2.05, 4.69) is 29.6 Å². The van der Waals surface area contributed by atoms with Crippen molar-refractivity contribution in [3.05, 3.63) is 71.8 Å². The average molecular weight is 500 g/mol. The molecule has 3 unspecified atom stereocenters. The molecule has 34 heavy (non-hydrogen) atoms. The second-order valence-electron chi connectivity index (χ2n) is 8.52. The summed E-state index contributed by atoms with van der Waals surface area (Å²) >= 11 is 4.06. The fourth-order valence-corrected chi connectivity index (χ4v) is 7.20. The quantitative estimate of drug-likeness (QED) is 0.302. The van der Waals surface area contributed by atoms with Gasteiger partial charge in [0.25, 0.3) is 0 Å². The number of nitrogens with one attached hydrogen (secondary N) is 1. The molecule has 1 aliphatic rings. The number of benzene rings is 2. The first-order valence-electron chi connectivity index (χ1n) is 11.9. The average Bonchev–Trinajstić information content (AvgIpc) is 2.87. The molecule has 2 aromatic carbocycles. The van der Waals surface area contributed by atoms with Gasteiger partial charge < -0.3 is 0 Å². The van der Waals surface area contributed by atoms with Crippen LogP contribution in [0.3, 0.4) is 0 Å². The molecule has 1 N–H and O–H groups in total. The molecule has 1 heterocycles. The minimum absolute atomic E-state index is 0.0782. The third-order valence-corrected chi connectivity index (χ3v) is 8.95. The molecule has 1 saturated heterocycles. The first kappa shape index (κ1) is 27.0. The molecule has 2 aromatic rings. The van der Waals surface area contributed by atoms with E-state index in [1.54, 1.807) is 0 Å². The van der Waals surface area contributed by atoms with Crippen molar-refractivity contribution in [2.24, 2.45) is 5.92 Å². The van der Waals surface area contributed by atoms with Crippen LogP contribution >= 0.6 is 23.5 Å². The van der Waals surface area contributed by atoms with Gasteiger partial charge in [-0.3, -0.25) is 0 Å². The van der Waals surface area contributed by atoms with Crippen LogP contribution in [0.5, 0.6) is 0 Å². The van der Waals surface area contributed by atoms with E-state index in [9.17, 15) is 9.50 Å². The maximum absolute atomic E-state index is 12.9. The Morgan fingerprint density at radius 1 is 1.06 bits per heavy atom. The Bertz CT molecular complexity index is 852. The summed E-state index contributed by atoms with van der Waals surface area (Å²) in [4.78, 5) is 12.9. The van der Waals surface area contributed by atoms with Gasteiger partial charge in [-0.1, -0.05) is 6.07 Å². The summed E-state index contributed by atoms with van der Waals surface area (Å²) in [6, 6.07) is 19.7. The van der Waals surface area contributed by atoms with Crippen LogP contribution in [-0.2, 0) is 32.0 Å². The monoisotopic (exact) mass is 499 g/mol. The Balaban J connectivity index is 1.55. The SMILES string of the molecule is CC(CC(Cc1ccccc1)C1SCCCS1)OC(=O)C(COCc1ccccc1)NCB=O. The molecule has 1 fully saturated rings. The molecule has 0 radical (unpaired) electrons. The van der Waals surface area contributed by atoms with Crippen molar-refractivity contribution in [1.29, 1.82) is 0 Å². The van der Waals surface area contributed by atoms with Crippen molar-refractivity contribution in [3.63, 3.8) is 0 Å². The van der Waals surface area contributed by atoms with Gasteiger partial charge in [0.05, 0.1) is 0 Å². The van der Waals surface area contributed by atoms with Crippen LogP contribution in [0.2, 0.25) is 0 Å². The fraction of sp³-hybridized carbons (Fsp3) is 0.500. The first-order valence-corrected chi connectivity index (χ1v) is 14.0. The van der Waals surface area contributed by atoms with Crippen molar-refractivity contribution in [1.82, 2.24) is 5.32 Å². The second-order valence-corrected chi connectivity index (χ2v) is 11.3. The molecule has 0 saturated carbocycles. The van der Waals surface area contributed by atoms with E-state index in [1.807, 2.05) is 66.8 Å². The molecule has 0 bridgehead atoms. The number of hydrogen-bond donors (Lipinski definition) is 1. The number of carbonyl (C=O) groups excluding carboxylic acids is 1. The van der Waals surface area contributed by atoms with Crippen molar-refractivity contribution >= 4 is 36.6 Å². The summed E-state index contributed by atoms with van der Waals surface area (Å²) in [6.07, 6.45) is 2.88. The summed E-state index contributed by atoms with van der Waals surface area (Å²) in [5.41, 5.74) is 2.35. The van der Waals surface area contributed by atoms with E-state index >= 15 is 0 Å². The van der Waals surface area contributed by atoms with Crippen LogP contribution in [0.15, 0.2) is 60.7 Å². The van der Waals surface area contributed by atoms with Crippen molar-refractivity contribution in [3.8, 4) is 0 Å². The standard InChI is InChI=1S/C26H34BNO4S2/c1-20(15-23(26-33-13-8-14-34-26)16-21-9-4-2-5-10-21)32-25(29)24(28-19-27-30)18-31-17-22-11-6-3-7-12-22/h2-7,9-12,20,23-24,26,28H,8,13-19H2,1H3. The topological polar surface area (TPSA) is 64.6 Å². The van der Waals surface area contributed by atoms with Crippen LogP contribution in [-0.4, -0.2) is 54.4 Å². The third kappa shape index (κ3) is 9.57. The van der Waals surface area contributed by atoms with Gasteiger partial charge >= 0.3 is 207 Å². The van der Waals surface area contributed by atoms with E-state index < -0.39 is 6.04 Å². The van der Waals surface area contributed by atoms with Gasteiger partial charge in [0.15, 0.2) is 0 Å². The molecule has 0 aromatic heterocycles. The minimum atomic E-state index is -0.678. The van der Waals surface area contributed by atoms with Crippen LogP contribution < -0.4 is 5.32 Å². The third-order valence-electron chi connectivity index (χ3n) is 5.66. The summed E-state index contributed by atoms with van der Waals surface area (Å²) in [5, 5.41) is 2.94. The van der Waals surface area contributed by atoms with Crippen molar-refractivity contribution in [2.45, 2.75) is 49.5 Å². The number of thioether (sulfide) groups is 2. The van der Waals surface area contributed by atoms with Crippen molar-refractivity contribution in [2.75, 3.05) is 24.6 Å². The van der Waals surface area contributed by atoms with Crippen LogP contribution in [0.25, 0.3) is 0 Å². The predicted molar refractivity (Wildman–Crippen MR) is 141 cm³/mol. The Labute approximate surface area is 212 Å². The van der Waals surface area contributed by atoms with Gasteiger partial charge in [0, 0.05) is 0 Å². The Morgan fingerprint density at radius 3 is 2.35 bits per heavy atom. The summed E-state index contributed by atoms with van der Waals surface area (Å²) in [5.74, 6) is 2.42. The number of hydrogen-bond acceptors (Lipinski definition) is 7. The molecule has 0 aliphatic carbocycles. The molecule has 3 atom stereocenters. The zero-order valence-electron chi connectivity index (χ0n) is 19.8. The van der Waals surface area contributed by atoms with Gasteiger partial charge in [-0.15, -0.1) is 0 Å². The van der Waals surface area contributed by atoms with Gasteiger partial charge in [-0.25, -0.2) is 0 Å². The molecule has 1 aliphatic heterocycles. The Hall–Kier alpha value is -1.61. The van der Waals surface area contributed by atoms with E-state index in [1.165, 1.54) is 23.5 Å². The predicted octanol–water partition coefficient (Wildman–Crippen LogP) is 4.55. The van der Waals surface area contributed by atoms with E-state index in [0.29, 0.717) is 17.1 Å². The van der Waals surface area contributed by atoms with Crippen LogP contribution in [0.1, 0.15) is 30.9 Å². The molecular formula is C26H34BNO4S2. The maximum atomic E-state index is 12.9. The van der Waals surface area contributed by atoms with Gasteiger partial charge in [0.2, 0.25) is 0 Å². The van der Waals surface area contributed by atoms with Gasteiger partial charge in [0.1, 0.15) is 0 Å². The summed E-state index contributed by atoms with van der Waals surface area (Å²) in [7, 11) is 0.744. The molecule has 8 heteroatoms. The van der Waals surface area contributed by atoms with E-state index in [-0.39, 0.29) is 25.1 Å². The molecule has 182 valence electrons. The normalized spacial score (nSPS) is 16.9. The molecule has 0 spiro atoms. The van der Waals surface area contributed by atoms with Crippen LogP contribution in [0.4, 0.5) is 0 Å². The Morgan fingerprint density at radius 2 is 1.71 bits per heavy atom. The number of carbonyl (C=O) groups is 1. The van der Waals surface area contributed by atoms with Crippen molar-refractivity contribution < 1.29 is 19.0 Å². The van der Waals surface area contributed by atoms with Gasteiger partial charge in [-0.2, -0.15) is 0 Å². The molecule has 0 amide bonds. The summed E-state index contributed by atoms with van der Waals surface area (Å²) in [6.45, 7) is 2.52. The Kier molecular flexibility index (Phi) is 12.2.